The Labute approximate surface area is 121 Å². The fourth-order valence-electron chi connectivity index (χ4n) is 2.56. The van der Waals surface area contributed by atoms with E-state index in [9.17, 15) is 4.79 Å². The lowest BCUT2D eigenvalue weighted by Crippen LogP contribution is -2.32. The molecule has 3 aromatic rings. The van der Waals surface area contributed by atoms with E-state index in [1.54, 1.807) is 12.5 Å². The predicted molar refractivity (Wildman–Crippen MR) is 77.7 cm³/mol. The number of rotatable bonds is 4. The summed E-state index contributed by atoms with van der Waals surface area (Å²) in [6.45, 7) is 0.525. The quantitative estimate of drug-likeness (QED) is 0.799. The molecule has 0 aliphatic heterocycles. The minimum atomic E-state index is 0.0467. The molecule has 0 spiro atoms. The number of fused-ring (bicyclic) bond motifs is 1. The molecule has 1 aliphatic rings. The molecule has 1 aromatic carbocycles. The highest BCUT2D eigenvalue weighted by Crippen LogP contribution is 2.30. The van der Waals surface area contributed by atoms with Crippen LogP contribution in [0.4, 0.5) is 0 Å². The van der Waals surface area contributed by atoms with E-state index in [4.69, 9.17) is 4.42 Å². The largest absolute Gasteiger partial charge is 0.467 e. The minimum absolute atomic E-state index is 0.0467. The monoisotopic (exact) mass is 281 g/mol. The second-order valence-corrected chi connectivity index (χ2v) is 5.42. The highest BCUT2D eigenvalue weighted by molar-refractivity contribution is 5.98. The molecule has 21 heavy (non-hydrogen) atoms. The molecule has 1 aliphatic carbocycles. The number of benzene rings is 1. The van der Waals surface area contributed by atoms with Gasteiger partial charge in [0.25, 0.3) is 5.91 Å². The third-order valence-corrected chi connectivity index (χ3v) is 3.84. The molecular weight excluding hydrogens is 266 g/mol. The van der Waals surface area contributed by atoms with Crippen LogP contribution in [0.5, 0.6) is 0 Å². The van der Waals surface area contributed by atoms with Crippen LogP contribution in [0.15, 0.2) is 47.2 Å². The first-order valence-electron chi connectivity index (χ1n) is 7.08. The zero-order chi connectivity index (χ0) is 14.2. The Morgan fingerprint density at radius 1 is 1.38 bits per heavy atom. The molecule has 1 N–H and O–H groups in total. The maximum absolute atomic E-state index is 12.8. The molecule has 5 heteroatoms. The summed E-state index contributed by atoms with van der Waals surface area (Å²) >= 11 is 0. The molecule has 106 valence electrons. The number of carbonyl (C=O) groups excluding carboxylic acids is 1. The molecule has 1 saturated carbocycles. The number of H-pyrrole nitrogens is 1. The van der Waals surface area contributed by atoms with Gasteiger partial charge in [-0.15, -0.1) is 0 Å². The van der Waals surface area contributed by atoms with Crippen molar-refractivity contribution in [3.63, 3.8) is 0 Å². The molecule has 0 atom stereocenters. The van der Waals surface area contributed by atoms with Crippen molar-refractivity contribution in [1.82, 2.24) is 15.1 Å². The number of hydrogen-bond donors (Lipinski definition) is 1. The van der Waals surface area contributed by atoms with Gasteiger partial charge >= 0.3 is 0 Å². The zero-order valence-corrected chi connectivity index (χ0v) is 11.5. The van der Waals surface area contributed by atoms with Crippen LogP contribution >= 0.6 is 0 Å². The first-order chi connectivity index (χ1) is 10.3. The SMILES string of the molecule is O=C(c1ccc2cn[nH]c2c1)N(Cc1ccco1)C1CC1. The number of furan rings is 1. The molecule has 1 fully saturated rings. The highest BCUT2D eigenvalue weighted by Gasteiger charge is 2.33. The summed E-state index contributed by atoms with van der Waals surface area (Å²) in [5.74, 6) is 0.864. The second-order valence-electron chi connectivity index (χ2n) is 5.42. The van der Waals surface area contributed by atoms with Gasteiger partial charge in [-0.2, -0.15) is 5.10 Å². The maximum Gasteiger partial charge on any atom is 0.254 e. The van der Waals surface area contributed by atoms with Crippen molar-refractivity contribution in [2.24, 2.45) is 0 Å². The van der Waals surface area contributed by atoms with Gasteiger partial charge in [0.2, 0.25) is 0 Å². The third kappa shape index (κ3) is 2.31. The number of amides is 1. The molecule has 0 bridgehead atoms. The number of nitrogens with zero attached hydrogens (tertiary/aromatic N) is 2. The third-order valence-electron chi connectivity index (χ3n) is 3.84. The van der Waals surface area contributed by atoms with Gasteiger partial charge in [-0.25, -0.2) is 0 Å². The van der Waals surface area contributed by atoms with Crippen LogP contribution in [0, 0.1) is 0 Å². The standard InChI is InChI=1S/C16H15N3O2/c20-16(11-3-4-12-9-17-18-15(12)8-11)19(13-5-6-13)10-14-2-1-7-21-14/h1-4,7-9,13H,5-6,10H2,(H,17,18). The van der Waals surface area contributed by atoms with Crippen molar-refractivity contribution in [2.45, 2.75) is 25.4 Å². The Hall–Kier alpha value is -2.56. The van der Waals surface area contributed by atoms with Crippen molar-refractivity contribution in [1.29, 1.82) is 0 Å². The van der Waals surface area contributed by atoms with Crippen LogP contribution in [0.1, 0.15) is 29.0 Å². The van der Waals surface area contributed by atoms with Crippen LogP contribution in [0.2, 0.25) is 0 Å². The minimum Gasteiger partial charge on any atom is -0.467 e. The van der Waals surface area contributed by atoms with Gasteiger partial charge in [0.15, 0.2) is 0 Å². The van der Waals surface area contributed by atoms with Gasteiger partial charge in [-0.1, -0.05) is 6.07 Å². The average Bonchev–Trinajstić information content (AvgIpc) is 3.02. The van der Waals surface area contributed by atoms with Gasteiger partial charge in [0.1, 0.15) is 5.76 Å². The molecular formula is C16H15N3O2. The Kier molecular flexibility index (Phi) is 2.77. The molecule has 0 unspecified atom stereocenters. The van der Waals surface area contributed by atoms with Crippen LogP contribution in [0.3, 0.4) is 0 Å². The number of nitrogens with one attached hydrogen (secondary N) is 1. The number of hydrogen-bond acceptors (Lipinski definition) is 3. The van der Waals surface area contributed by atoms with Crippen LogP contribution in [-0.4, -0.2) is 27.0 Å². The molecule has 1 amide bonds. The fourth-order valence-corrected chi connectivity index (χ4v) is 2.56. The van der Waals surface area contributed by atoms with Crippen LogP contribution in [-0.2, 0) is 6.54 Å². The van der Waals surface area contributed by atoms with E-state index in [2.05, 4.69) is 10.2 Å². The molecule has 2 heterocycles. The summed E-state index contributed by atoms with van der Waals surface area (Å²) in [6, 6.07) is 9.73. The van der Waals surface area contributed by atoms with E-state index >= 15 is 0 Å². The lowest BCUT2D eigenvalue weighted by Gasteiger charge is -2.21. The van der Waals surface area contributed by atoms with Crippen LogP contribution in [0.25, 0.3) is 10.9 Å². The number of aromatic nitrogens is 2. The summed E-state index contributed by atoms with van der Waals surface area (Å²) in [5, 5.41) is 7.90. The summed E-state index contributed by atoms with van der Waals surface area (Å²) in [4.78, 5) is 14.7. The molecule has 0 radical (unpaired) electrons. The molecule has 0 saturated heterocycles. The predicted octanol–water partition coefficient (Wildman–Crippen LogP) is 2.96. The van der Waals surface area contributed by atoms with E-state index in [1.807, 2.05) is 35.2 Å². The van der Waals surface area contributed by atoms with E-state index < -0.39 is 0 Å². The van der Waals surface area contributed by atoms with Crippen molar-refractivity contribution in [2.75, 3.05) is 0 Å². The summed E-state index contributed by atoms with van der Waals surface area (Å²) in [6.07, 6.45) is 5.53. The lowest BCUT2D eigenvalue weighted by atomic mass is 10.1. The van der Waals surface area contributed by atoms with Gasteiger partial charge in [-0.3, -0.25) is 9.89 Å². The summed E-state index contributed by atoms with van der Waals surface area (Å²) < 4.78 is 5.38. The van der Waals surface area contributed by atoms with E-state index in [0.717, 1.165) is 29.5 Å². The van der Waals surface area contributed by atoms with Gasteiger partial charge in [-0.05, 0) is 37.1 Å². The smallest absolute Gasteiger partial charge is 0.254 e. The Morgan fingerprint density at radius 3 is 3.05 bits per heavy atom. The molecule has 2 aromatic heterocycles. The lowest BCUT2D eigenvalue weighted by molar-refractivity contribution is 0.0717. The average molecular weight is 281 g/mol. The van der Waals surface area contributed by atoms with Crippen molar-refractivity contribution >= 4 is 16.8 Å². The van der Waals surface area contributed by atoms with E-state index in [0.29, 0.717) is 18.2 Å². The van der Waals surface area contributed by atoms with Crippen molar-refractivity contribution in [3.8, 4) is 0 Å². The molecule has 4 rings (SSSR count). The topological polar surface area (TPSA) is 62.1 Å². The number of aromatic amines is 1. The summed E-state index contributed by atoms with van der Waals surface area (Å²) in [5.41, 5.74) is 1.57. The van der Waals surface area contributed by atoms with Gasteiger partial charge in [0, 0.05) is 17.0 Å². The van der Waals surface area contributed by atoms with Crippen molar-refractivity contribution < 1.29 is 9.21 Å². The van der Waals surface area contributed by atoms with Crippen molar-refractivity contribution in [3.05, 3.63) is 54.1 Å². The van der Waals surface area contributed by atoms with E-state index in [1.165, 1.54) is 0 Å². The zero-order valence-electron chi connectivity index (χ0n) is 11.5. The van der Waals surface area contributed by atoms with E-state index in [-0.39, 0.29) is 5.91 Å². The normalized spacial score (nSPS) is 14.5. The van der Waals surface area contributed by atoms with Gasteiger partial charge in [0.05, 0.1) is 24.5 Å². The highest BCUT2D eigenvalue weighted by atomic mass is 16.3. The Bertz CT molecular complexity index is 772. The van der Waals surface area contributed by atoms with Crippen LogP contribution < -0.4 is 0 Å². The Balaban J connectivity index is 1.63. The fraction of sp³-hybridized carbons (Fsp3) is 0.250. The molecule has 5 nitrogen and oxygen atoms in total. The Morgan fingerprint density at radius 2 is 2.29 bits per heavy atom. The first kappa shape index (κ1) is 12.2. The van der Waals surface area contributed by atoms with Gasteiger partial charge < -0.3 is 9.32 Å². The first-order valence-corrected chi connectivity index (χ1v) is 7.08. The number of carbonyl (C=O) groups is 1. The maximum atomic E-state index is 12.8. The summed E-state index contributed by atoms with van der Waals surface area (Å²) in [7, 11) is 0. The second kappa shape index (κ2) is 4.77.